The Morgan fingerprint density at radius 2 is 1.73 bits per heavy atom. The van der Waals surface area contributed by atoms with Crippen molar-refractivity contribution in [3.8, 4) is 0 Å². The molecule has 1 fully saturated rings. The predicted octanol–water partition coefficient (Wildman–Crippen LogP) is 4.74. The second kappa shape index (κ2) is 12.4. The van der Waals surface area contributed by atoms with E-state index in [1.807, 2.05) is 0 Å². The smallest absolute Gasteiger partial charge is 0.126 e. The van der Waals surface area contributed by atoms with Gasteiger partial charge in [-0.05, 0) is 50.7 Å². The Bertz CT molecular complexity index is 464. The molecule has 0 aliphatic carbocycles. The van der Waals surface area contributed by atoms with Crippen molar-refractivity contribution >= 4 is 0 Å². The summed E-state index contributed by atoms with van der Waals surface area (Å²) in [5.41, 5.74) is 5.99. The van der Waals surface area contributed by atoms with E-state index in [9.17, 15) is 0 Å². The molecule has 0 spiro atoms. The standard InChI is InChI=1S/C22H43N3O/c1-8-12-20(21(11-4)24(7)19(6)26-17-9-2)22(18(5)10-3)25-15-13-23-14-16-25/h19,23H,8-17H2,1-7H3/b21-20-,22-18+. The Morgan fingerprint density at radius 3 is 2.23 bits per heavy atom. The van der Waals surface area contributed by atoms with E-state index in [1.165, 1.54) is 29.0 Å². The van der Waals surface area contributed by atoms with Gasteiger partial charge in [-0.25, -0.2) is 0 Å². The Hall–Kier alpha value is -1.00. The van der Waals surface area contributed by atoms with Gasteiger partial charge in [-0.3, -0.25) is 0 Å². The highest BCUT2D eigenvalue weighted by Gasteiger charge is 2.23. The number of allylic oxidation sites excluding steroid dienone is 3. The number of piperazine rings is 1. The quantitative estimate of drug-likeness (QED) is 0.423. The Labute approximate surface area is 162 Å². The van der Waals surface area contributed by atoms with Crippen LogP contribution in [0.5, 0.6) is 0 Å². The molecule has 26 heavy (non-hydrogen) atoms. The van der Waals surface area contributed by atoms with Gasteiger partial charge in [0.1, 0.15) is 6.23 Å². The zero-order chi connectivity index (χ0) is 19.5. The van der Waals surface area contributed by atoms with E-state index in [0.717, 1.165) is 58.5 Å². The number of hydrogen-bond acceptors (Lipinski definition) is 4. The lowest BCUT2D eigenvalue weighted by Crippen LogP contribution is -2.44. The van der Waals surface area contributed by atoms with Crippen LogP contribution in [0.4, 0.5) is 0 Å². The number of rotatable bonds is 11. The van der Waals surface area contributed by atoms with Gasteiger partial charge in [-0.2, -0.15) is 0 Å². The van der Waals surface area contributed by atoms with E-state index in [2.05, 4.69) is 63.7 Å². The number of nitrogens with zero attached hydrogens (tertiary/aromatic N) is 2. The van der Waals surface area contributed by atoms with Crippen LogP contribution >= 0.6 is 0 Å². The summed E-state index contributed by atoms with van der Waals surface area (Å²) in [5, 5.41) is 3.49. The Balaban J connectivity index is 3.32. The van der Waals surface area contributed by atoms with Crippen molar-refractivity contribution in [2.75, 3.05) is 39.8 Å². The highest BCUT2D eigenvalue weighted by Crippen LogP contribution is 2.31. The summed E-state index contributed by atoms with van der Waals surface area (Å²) in [6.45, 7) is 18.7. The van der Waals surface area contributed by atoms with Gasteiger partial charge in [0.15, 0.2) is 0 Å². The molecule has 0 aromatic rings. The summed E-state index contributed by atoms with van der Waals surface area (Å²) in [4.78, 5) is 4.98. The molecule has 4 heteroatoms. The molecular formula is C22H43N3O. The molecule has 1 aliphatic heterocycles. The number of nitrogens with one attached hydrogen (secondary N) is 1. The molecule has 4 nitrogen and oxygen atoms in total. The van der Waals surface area contributed by atoms with E-state index in [-0.39, 0.29) is 6.23 Å². The Kier molecular flexibility index (Phi) is 11.0. The molecule has 1 saturated heterocycles. The topological polar surface area (TPSA) is 27.7 Å². The lowest BCUT2D eigenvalue weighted by molar-refractivity contribution is -0.0202. The monoisotopic (exact) mass is 365 g/mol. The minimum atomic E-state index is 0.114. The molecule has 0 radical (unpaired) electrons. The lowest BCUT2D eigenvalue weighted by atomic mass is 9.96. The number of ether oxygens (including phenoxy) is 1. The zero-order valence-electron chi connectivity index (χ0n) is 18.5. The van der Waals surface area contributed by atoms with Crippen molar-refractivity contribution in [2.45, 2.75) is 79.9 Å². The van der Waals surface area contributed by atoms with E-state index >= 15 is 0 Å². The highest BCUT2D eigenvalue weighted by molar-refractivity contribution is 5.38. The fourth-order valence-electron chi connectivity index (χ4n) is 3.72. The lowest BCUT2D eigenvalue weighted by Gasteiger charge is -2.38. The Morgan fingerprint density at radius 1 is 1.08 bits per heavy atom. The normalized spacial score (nSPS) is 18.3. The average molecular weight is 366 g/mol. The van der Waals surface area contributed by atoms with Crippen LogP contribution in [0.1, 0.15) is 73.6 Å². The summed E-state index contributed by atoms with van der Waals surface area (Å²) in [6, 6.07) is 0. The van der Waals surface area contributed by atoms with Crippen LogP contribution in [-0.4, -0.2) is 55.9 Å². The van der Waals surface area contributed by atoms with Crippen LogP contribution in [0.15, 0.2) is 22.5 Å². The molecule has 1 aliphatic rings. The van der Waals surface area contributed by atoms with Gasteiger partial charge in [0.05, 0.1) is 0 Å². The van der Waals surface area contributed by atoms with Crippen LogP contribution in [0.3, 0.4) is 0 Å². The van der Waals surface area contributed by atoms with Crippen molar-refractivity contribution in [3.63, 3.8) is 0 Å². The third-order valence-electron chi connectivity index (χ3n) is 5.37. The second-order valence-electron chi connectivity index (χ2n) is 7.33. The van der Waals surface area contributed by atoms with Gasteiger partial charge in [0.2, 0.25) is 0 Å². The minimum absolute atomic E-state index is 0.114. The third kappa shape index (κ3) is 6.31. The van der Waals surface area contributed by atoms with Crippen molar-refractivity contribution in [1.82, 2.24) is 15.1 Å². The van der Waals surface area contributed by atoms with Gasteiger partial charge in [0, 0.05) is 51.2 Å². The molecule has 0 aromatic carbocycles. The number of hydrogen-bond donors (Lipinski definition) is 1. The van der Waals surface area contributed by atoms with Crippen molar-refractivity contribution in [2.24, 2.45) is 0 Å². The maximum Gasteiger partial charge on any atom is 0.126 e. The highest BCUT2D eigenvalue weighted by atomic mass is 16.5. The van der Waals surface area contributed by atoms with Crippen molar-refractivity contribution in [3.05, 3.63) is 22.5 Å². The first-order valence-electron chi connectivity index (χ1n) is 10.7. The molecule has 152 valence electrons. The molecule has 1 heterocycles. The van der Waals surface area contributed by atoms with Crippen molar-refractivity contribution in [1.29, 1.82) is 0 Å². The zero-order valence-corrected chi connectivity index (χ0v) is 18.5. The van der Waals surface area contributed by atoms with Crippen LogP contribution in [0, 0.1) is 0 Å². The summed E-state index contributed by atoms with van der Waals surface area (Å²) >= 11 is 0. The van der Waals surface area contributed by atoms with Gasteiger partial charge < -0.3 is 19.9 Å². The summed E-state index contributed by atoms with van der Waals surface area (Å²) in [7, 11) is 2.20. The molecule has 0 bridgehead atoms. The second-order valence-corrected chi connectivity index (χ2v) is 7.33. The average Bonchev–Trinajstić information content (AvgIpc) is 2.67. The van der Waals surface area contributed by atoms with Gasteiger partial charge >= 0.3 is 0 Å². The van der Waals surface area contributed by atoms with Crippen LogP contribution < -0.4 is 5.32 Å². The molecule has 0 aromatic heterocycles. The first-order valence-corrected chi connectivity index (χ1v) is 10.7. The van der Waals surface area contributed by atoms with Crippen molar-refractivity contribution < 1.29 is 4.74 Å². The van der Waals surface area contributed by atoms with E-state index in [0.29, 0.717) is 0 Å². The molecule has 1 rings (SSSR count). The molecule has 1 unspecified atom stereocenters. The molecule has 0 amide bonds. The van der Waals surface area contributed by atoms with Crippen LogP contribution in [-0.2, 0) is 4.74 Å². The summed E-state index contributed by atoms with van der Waals surface area (Å²) < 4.78 is 6.03. The molecule has 0 saturated carbocycles. The van der Waals surface area contributed by atoms with E-state index in [4.69, 9.17) is 4.74 Å². The predicted molar refractivity (Wildman–Crippen MR) is 113 cm³/mol. The molecule has 1 atom stereocenters. The first kappa shape index (κ1) is 23.0. The SMILES string of the molecule is CCCOC(C)N(C)/C(CC)=C(CCC)\C(=C(\C)CC)N1CCNCC1. The first-order chi connectivity index (χ1) is 12.5. The van der Waals surface area contributed by atoms with E-state index < -0.39 is 0 Å². The van der Waals surface area contributed by atoms with Gasteiger partial charge in [-0.15, -0.1) is 0 Å². The maximum absolute atomic E-state index is 6.03. The third-order valence-corrected chi connectivity index (χ3v) is 5.37. The fraction of sp³-hybridized carbons (Fsp3) is 0.818. The van der Waals surface area contributed by atoms with Gasteiger partial charge in [-0.1, -0.05) is 34.1 Å². The maximum atomic E-state index is 6.03. The van der Waals surface area contributed by atoms with Crippen LogP contribution in [0.2, 0.25) is 0 Å². The van der Waals surface area contributed by atoms with Gasteiger partial charge in [0.25, 0.3) is 0 Å². The largest absolute Gasteiger partial charge is 0.369 e. The molecule has 1 N–H and O–H groups in total. The fourth-order valence-corrected chi connectivity index (χ4v) is 3.72. The summed E-state index contributed by atoms with van der Waals surface area (Å²) in [5.74, 6) is 0. The van der Waals surface area contributed by atoms with Crippen LogP contribution in [0.25, 0.3) is 0 Å². The minimum Gasteiger partial charge on any atom is -0.369 e. The summed E-state index contributed by atoms with van der Waals surface area (Å²) in [6.07, 6.45) is 5.62. The molecular weight excluding hydrogens is 322 g/mol. The van der Waals surface area contributed by atoms with E-state index in [1.54, 1.807) is 0 Å².